The molecule has 2 rings (SSSR count). The maximum absolute atomic E-state index is 10.6. The second kappa shape index (κ2) is 8.86. The standard InChI is InChI=1S/C21H29NO2/c1-16(2)15-24-20-12-8-9-18(13-20)14-22(4)17(3)21(23)19-10-6-5-7-11-19/h5-13,16-17,21,23H,14-15H2,1-4H3. The van der Waals surface area contributed by atoms with Crippen LogP contribution in [-0.2, 0) is 6.54 Å². The largest absolute Gasteiger partial charge is 0.493 e. The average Bonchev–Trinajstić information content (AvgIpc) is 2.59. The zero-order valence-electron chi connectivity index (χ0n) is 15.1. The summed E-state index contributed by atoms with van der Waals surface area (Å²) in [7, 11) is 2.04. The van der Waals surface area contributed by atoms with Crippen LogP contribution < -0.4 is 4.74 Å². The van der Waals surface area contributed by atoms with E-state index in [4.69, 9.17) is 4.74 Å². The van der Waals surface area contributed by atoms with E-state index >= 15 is 0 Å². The van der Waals surface area contributed by atoms with Crippen molar-refractivity contribution in [1.82, 2.24) is 4.90 Å². The summed E-state index contributed by atoms with van der Waals surface area (Å²) in [6.45, 7) is 7.83. The van der Waals surface area contributed by atoms with Crippen LogP contribution in [0.3, 0.4) is 0 Å². The molecule has 2 unspecified atom stereocenters. The van der Waals surface area contributed by atoms with Crippen molar-refractivity contribution >= 4 is 0 Å². The van der Waals surface area contributed by atoms with Gasteiger partial charge in [-0.3, -0.25) is 4.90 Å². The Bertz CT molecular complexity index is 612. The molecule has 24 heavy (non-hydrogen) atoms. The van der Waals surface area contributed by atoms with Crippen molar-refractivity contribution < 1.29 is 9.84 Å². The van der Waals surface area contributed by atoms with Gasteiger partial charge in [0.25, 0.3) is 0 Å². The van der Waals surface area contributed by atoms with E-state index in [2.05, 4.69) is 37.8 Å². The lowest BCUT2D eigenvalue weighted by molar-refractivity contribution is 0.0688. The summed E-state index contributed by atoms with van der Waals surface area (Å²) >= 11 is 0. The summed E-state index contributed by atoms with van der Waals surface area (Å²) in [5.41, 5.74) is 2.14. The summed E-state index contributed by atoms with van der Waals surface area (Å²) in [5.74, 6) is 1.42. The van der Waals surface area contributed by atoms with Gasteiger partial charge in [-0.15, -0.1) is 0 Å². The smallest absolute Gasteiger partial charge is 0.119 e. The van der Waals surface area contributed by atoms with Crippen LogP contribution in [0.25, 0.3) is 0 Å². The Morgan fingerprint density at radius 3 is 2.38 bits per heavy atom. The molecule has 1 N–H and O–H groups in total. The van der Waals surface area contributed by atoms with Crippen molar-refractivity contribution in [2.75, 3.05) is 13.7 Å². The molecule has 0 aliphatic carbocycles. The highest BCUT2D eigenvalue weighted by molar-refractivity contribution is 5.28. The quantitative estimate of drug-likeness (QED) is 0.786. The first-order valence-corrected chi connectivity index (χ1v) is 8.62. The molecule has 3 heteroatoms. The lowest BCUT2D eigenvalue weighted by Gasteiger charge is -2.29. The van der Waals surface area contributed by atoms with Crippen molar-refractivity contribution in [1.29, 1.82) is 0 Å². The summed E-state index contributed by atoms with van der Waals surface area (Å²) < 4.78 is 5.80. The number of rotatable bonds is 8. The first-order chi connectivity index (χ1) is 11.5. The molecule has 0 amide bonds. The predicted molar refractivity (Wildman–Crippen MR) is 99.1 cm³/mol. The van der Waals surface area contributed by atoms with Gasteiger partial charge in [0.15, 0.2) is 0 Å². The number of hydrogen-bond donors (Lipinski definition) is 1. The van der Waals surface area contributed by atoms with Crippen molar-refractivity contribution in [3.05, 3.63) is 65.7 Å². The van der Waals surface area contributed by atoms with Gasteiger partial charge >= 0.3 is 0 Å². The van der Waals surface area contributed by atoms with Crippen LogP contribution in [0.1, 0.15) is 38.0 Å². The molecule has 0 spiro atoms. The average molecular weight is 327 g/mol. The SMILES string of the molecule is CC(C)COc1cccc(CN(C)C(C)C(O)c2ccccc2)c1. The van der Waals surface area contributed by atoms with E-state index in [-0.39, 0.29) is 6.04 Å². The topological polar surface area (TPSA) is 32.7 Å². The Morgan fingerprint density at radius 2 is 1.71 bits per heavy atom. The summed E-state index contributed by atoms with van der Waals surface area (Å²) in [6.07, 6.45) is -0.503. The fourth-order valence-corrected chi connectivity index (χ4v) is 2.60. The maximum Gasteiger partial charge on any atom is 0.119 e. The maximum atomic E-state index is 10.6. The van der Waals surface area contributed by atoms with Crippen molar-refractivity contribution in [3.8, 4) is 5.75 Å². The van der Waals surface area contributed by atoms with E-state index in [1.54, 1.807) is 0 Å². The number of benzene rings is 2. The van der Waals surface area contributed by atoms with E-state index in [0.29, 0.717) is 5.92 Å². The minimum Gasteiger partial charge on any atom is -0.493 e. The number of aliphatic hydroxyl groups excluding tert-OH is 1. The molecular weight excluding hydrogens is 298 g/mol. The molecule has 2 aromatic carbocycles. The fraction of sp³-hybridized carbons (Fsp3) is 0.429. The predicted octanol–water partition coefficient (Wildman–Crippen LogP) is 4.28. The van der Waals surface area contributed by atoms with Gasteiger partial charge in [-0.1, -0.05) is 56.3 Å². The van der Waals surface area contributed by atoms with Gasteiger partial charge in [0.1, 0.15) is 5.75 Å². The molecular formula is C21H29NO2. The molecule has 2 aromatic rings. The zero-order chi connectivity index (χ0) is 17.5. The highest BCUT2D eigenvalue weighted by Gasteiger charge is 2.20. The molecule has 0 saturated carbocycles. The van der Waals surface area contributed by atoms with Crippen LogP contribution in [-0.4, -0.2) is 29.7 Å². The van der Waals surface area contributed by atoms with Gasteiger partial charge in [-0.2, -0.15) is 0 Å². The van der Waals surface area contributed by atoms with Crippen LogP contribution >= 0.6 is 0 Å². The number of aliphatic hydroxyl groups is 1. The molecule has 0 aliphatic heterocycles. The Hall–Kier alpha value is -1.84. The third-order valence-corrected chi connectivity index (χ3v) is 4.21. The van der Waals surface area contributed by atoms with Crippen LogP contribution in [0, 0.1) is 5.92 Å². The van der Waals surface area contributed by atoms with E-state index in [0.717, 1.165) is 24.5 Å². The molecule has 130 valence electrons. The molecule has 2 atom stereocenters. The number of hydrogen-bond acceptors (Lipinski definition) is 3. The minimum atomic E-state index is -0.503. The Labute approximate surface area is 145 Å². The van der Waals surface area contributed by atoms with Gasteiger partial charge in [-0.25, -0.2) is 0 Å². The Balaban J connectivity index is 1.98. The highest BCUT2D eigenvalue weighted by Crippen LogP contribution is 2.22. The first kappa shape index (κ1) is 18.5. The zero-order valence-corrected chi connectivity index (χ0v) is 15.1. The van der Waals surface area contributed by atoms with Crippen molar-refractivity contribution in [2.45, 2.75) is 39.5 Å². The molecule has 0 saturated heterocycles. The molecule has 0 bridgehead atoms. The van der Waals surface area contributed by atoms with Crippen LogP contribution in [0.5, 0.6) is 5.75 Å². The van der Waals surface area contributed by atoms with Crippen molar-refractivity contribution in [3.63, 3.8) is 0 Å². The van der Waals surface area contributed by atoms with Gasteiger partial charge < -0.3 is 9.84 Å². The monoisotopic (exact) mass is 327 g/mol. The van der Waals surface area contributed by atoms with E-state index in [9.17, 15) is 5.11 Å². The van der Waals surface area contributed by atoms with Crippen LogP contribution in [0.4, 0.5) is 0 Å². The molecule has 3 nitrogen and oxygen atoms in total. The number of ether oxygens (including phenoxy) is 1. The third-order valence-electron chi connectivity index (χ3n) is 4.21. The summed E-state index contributed by atoms with van der Waals surface area (Å²) in [6, 6.07) is 18.0. The Morgan fingerprint density at radius 1 is 1.00 bits per heavy atom. The van der Waals surface area contributed by atoms with Crippen molar-refractivity contribution in [2.24, 2.45) is 5.92 Å². The normalized spacial score (nSPS) is 14.0. The first-order valence-electron chi connectivity index (χ1n) is 8.62. The van der Waals surface area contributed by atoms with Gasteiger partial charge in [0.2, 0.25) is 0 Å². The minimum absolute atomic E-state index is 0.0210. The molecule has 0 heterocycles. The highest BCUT2D eigenvalue weighted by atomic mass is 16.5. The van der Waals surface area contributed by atoms with Gasteiger partial charge in [0.05, 0.1) is 12.7 Å². The summed E-state index contributed by atoms with van der Waals surface area (Å²) in [4.78, 5) is 2.17. The van der Waals surface area contributed by atoms with E-state index in [1.807, 2.05) is 49.5 Å². The van der Waals surface area contributed by atoms with Gasteiger partial charge in [0, 0.05) is 12.6 Å². The molecule has 0 radical (unpaired) electrons. The second-order valence-corrected chi connectivity index (χ2v) is 6.86. The fourth-order valence-electron chi connectivity index (χ4n) is 2.60. The lowest BCUT2D eigenvalue weighted by Crippen LogP contribution is -2.33. The third kappa shape index (κ3) is 5.36. The number of nitrogens with zero attached hydrogens (tertiary/aromatic N) is 1. The second-order valence-electron chi connectivity index (χ2n) is 6.86. The van der Waals surface area contributed by atoms with E-state index < -0.39 is 6.10 Å². The molecule has 0 fully saturated rings. The van der Waals surface area contributed by atoms with Crippen LogP contribution in [0.15, 0.2) is 54.6 Å². The van der Waals surface area contributed by atoms with Gasteiger partial charge in [-0.05, 0) is 43.1 Å². The van der Waals surface area contributed by atoms with Crippen LogP contribution in [0.2, 0.25) is 0 Å². The van der Waals surface area contributed by atoms with E-state index in [1.165, 1.54) is 5.56 Å². The summed E-state index contributed by atoms with van der Waals surface area (Å²) in [5, 5.41) is 10.6. The number of likely N-dealkylation sites (N-methyl/N-ethyl adjacent to an activating group) is 1. The Kier molecular flexibility index (Phi) is 6.83. The lowest BCUT2D eigenvalue weighted by atomic mass is 10.0. The molecule has 0 aromatic heterocycles. The molecule has 0 aliphatic rings.